The van der Waals surface area contributed by atoms with E-state index < -0.39 is 6.03 Å². The zero-order valence-corrected chi connectivity index (χ0v) is 12.9. The summed E-state index contributed by atoms with van der Waals surface area (Å²) >= 11 is 3.30. The summed E-state index contributed by atoms with van der Waals surface area (Å²) in [5.41, 5.74) is 0.981. The zero-order chi connectivity index (χ0) is 15.5. The fraction of sp³-hybridized carbons (Fsp3) is 0.0667. The van der Waals surface area contributed by atoms with Crippen LogP contribution in [0.3, 0.4) is 0 Å². The third-order valence-electron chi connectivity index (χ3n) is 3.05. The summed E-state index contributed by atoms with van der Waals surface area (Å²) in [5.74, 6) is 1.18. The monoisotopic (exact) mass is 362 g/mol. The summed E-state index contributed by atoms with van der Waals surface area (Å²) in [4.78, 5) is 24.4. The number of hydrogen-bond acceptors (Lipinski definition) is 4. The fourth-order valence-corrected chi connectivity index (χ4v) is 2.25. The Bertz CT molecular complexity index is 718. The lowest BCUT2D eigenvalue weighted by Crippen LogP contribution is -2.33. The Labute approximate surface area is 134 Å². The van der Waals surface area contributed by atoms with Crippen LogP contribution in [0, 0.1) is 0 Å². The van der Waals surface area contributed by atoms with Crippen molar-refractivity contribution >= 4 is 39.7 Å². The van der Waals surface area contributed by atoms with Crippen molar-refractivity contribution in [3.63, 3.8) is 0 Å². The van der Waals surface area contributed by atoms with E-state index in [2.05, 4.69) is 21.2 Å². The first-order valence-corrected chi connectivity index (χ1v) is 7.17. The molecule has 7 heteroatoms. The van der Waals surface area contributed by atoms with Crippen molar-refractivity contribution in [2.24, 2.45) is 0 Å². The zero-order valence-electron chi connectivity index (χ0n) is 11.3. The SMILES string of the molecule is O=CN(C(=O)Nc1ccc2c(c1)OCO2)c1ccc(Br)cc1. The molecule has 112 valence electrons. The number of urea groups is 1. The van der Waals surface area contributed by atoms with Gasteiger partial charge in [0.25, 0.3) is 0 Å². The molecular formula is C15H11BrN2O4. The number of halogens is 1. The van der Waals surface area contributed by atoms with Crippen LogP contribution in [0.2, 0.25) is 0 Å². The topological polar surface area (TPSA) is 67.9 Å². The number of carbonyl (C=O) groups is 2. The normalized spacial score (nSPS) is 11.9. The minimum Gasteiger partial charge on any atom is -0.454 e. The first-order valence-electron chi connectivity index (χ1n) is 6.38. The third-order valence-corrected chi connectivity index (χ3v) is 3.58. The number of ether oxygens (including phenoxy) is 2. The highest BCUT2D eigenvalue weighted by molar-refractivity contribution is 9.10. The lowest BCUT2D eigenvalue weighted by Gasteiger charge is -2.16. The van der Waals surface area contributed by atoms with Crippen LogP contribution in [-0.4, -0.2) is 19.2 Å². The average molecular weight is 363 g/mol. The van der Waals surface area contributed by atoms with Gasteiger partial charge in [0.05, 0.1) is 5.69 Å². The number of amides is 3. The van der Waals surface area contributed by atoms with Crippen LogP contribution in [-0.2, 0) is 4.79 Å². The van der Waals surface area contributed by atoms with Gasteiger partial charge in [0.15, 0.2) is 11.5 Å². The van der Waals surface area contributed by atoms with E-state index in [1.165, 1.54) is 0 Å². The molecule has 0 saturated carbocycles. The van der Waals surface area contributed by atoms with Crippen molar-refractivity contribution in [2.75, 3.05) is 17.0 Å². The Kier molecular flexibility index (Phi) is 3.97. The number of anilines is 2. The van der Waals surface area contributed by atoms with Gasteiger partial charge in [-0.3, -0.25) is 4.79 Å². The van der Waals surface area contributed by atoms with E-state index in [0.717, 1.165) is 9.37 Å². The van der Waals surface area contributed by atoms with Crippen LogP contribution in [0.15, 0.2) is 46.9 Å². The van der Waals surface area contributed by atoms with E-state index in [0.29, 0.717) is 29.3 Å². The summed E-state index contributed by atoms with van der Waals surface area (Å²) < 4.78 is 11.3. The number of rotatable bonds is 3. The molecule has 0 spiro atoms. The van der Waals surface area contributed by atoms with Gasteiger partial charge in [-0.1, -0.05) is 15.9 Å². The van der Waals surface area contributed by atoms with E-state index in [1.54, 1.807) is 42.5 Å². The lowest BCUT2D eigenvalue weighted by atomic mass is 10.2. The molecule has 0 aliphatic carbocycles. The molecule has 3 rings (SSSR count). The molecule has 6 nitrogen and oxygen atoms in total. The van der Waals surface area contributed by atoms with Gasteiger partial charge in [0.2, 0.25) is 13.2 Å². The number of fused-ring (bicyclic) bond motifs is 1. The number of nitrogens with one attached hydrogen (secondary N) is 1. The van der Waals surface area contributed by atoms with E-state index in [1.807, 2.05) is 0 Å². The van der Waals surface area contributed by atoms with Gasteiger partial charge < -0.3 is 14.8 Å². The molecule has 1 aliphatic heterocycles. The molecule has 3 amide bonds. The highest BCUT2D eigenvalue weighted by Gasteiger charge is 2.18. The molecule has 0 radical (unpaired) electrons. The Balaban J connectivity index is 1.77. The Hall–Kier alpha value is -2.54. The van der Waals surface area contributed by atoms with Gasteiger partial charge in [-0.05, 0) is 36.4 Å². The molecule has 0 fully saturated rings. The molecule has 0 atom stereocenters. The average Bonchev–Trinajstić information content (AvgIpc) is 2.97. The predicted octanol–water partition coefficient (Wildman–Crippen LogP) is 3.37. The van der Waals surface area contributed by atoms with Crippen molar-refractivity contribution in [1.29, 1.82) is 0 Å². The van der Waals surface area contributed by atoms with Crippen molar-refractivity contribution in [3.8, 4) is 11.5 Å². The molecule has 22 heavy (non-hydrogen) atoms. The van der Waals surface area contributed by atoms with Crippen LogP contribution in [0.1, 0.15) is 0 Å². The standard InChI is InChI=1S/C15H11BrN2O4/c16-10-1-4-12(5-2-10)18(8-19)15(20)17-11-3-6-13-14(7-11)22-9-21-13/h1-8H,9H2,(H,17,20). The van der Waals surface area contributed by atoms with Crippen LogP contribution < -0.4 is 19.7 Å². The number of nitrogens with zero attached hydrogens (tertiary/aromatic N) is 1. The predicted molar refractivity (Wildman–Crippen MR) is 84.3 cm³/mol. The van der Waals surface area contributed by atoms with Gasteiger partial charge in [-0.2, -0.15) is 0 Å². The molecular weight excluding hydrogens is 352 g/mol. The molecule has 0 saturated heterocycles. The maximum absolute atomic E-state index is 12.2. The van der Waals surface area contributed by atoms with Crippen LogP contribution in [0.5, 0.6) is 11.5 Å². The number of hydrogen-bond donors (Lipinski definition) is 1. The van der Waals surface area contributed by atoms with E-state index in [9.17, 15) is 9.59 Å². The van der Waals surface area contributed by atoms with E-state index in [-0.39, 0.29) is 6.79 Å². The third kappa shape index (κ3) is 2.89. The van der Waals surface area contributed by atoms with E-state index in [4.69, 9.17) is 9.47 Å². The van der Waals surface area contributed by atoms with E-state index >= 15 is 0 Å². The van der Waals surface area contributed by atoms with Crippen LogP contribution in [0.25, 0.3) is 0 Å². The highest BCUT2D eigenvalue weighted by Crippen LogP contribution is 2.34. The molecule has 0 unspecified atom stereocenters. The maximum Gasteiger partial charge on any atom is 0.332 e. The highest BCUT2D eigenvalue weighted by atomic mass is 79.9. The van der Waals surface area contributed by atoms with Gasteiger partial charge in [-0.15, -0.1) is 0 Å². The van der Waals surface area contributed by atoms with Crippen LogP contribution in [0.4, 0.5) is 16.2 Å². The second kappa shape index (κ2) is 6.07. The fourth-order valence-electron chi connectivity index (χ4n) is 1.99. The summed E-state index contributed by atoms with van der Waals surface area (Å²) in [6.45, 7) is 0.159. The number of carbonyl (C=O) groups excluding carboxylic acids is 2. The molecule has 1 N–H and O–H groups in total. The van der Waals surface area contributed by atoms with Gasteiger partial charge in [-0.25, -0.2) is 9.69 Å². The second-order valence-electron chi connectivity index (χ2n) is 4.45. The smallest absolute Gasteiger partial charge is 0.332 e. The number of benzene rings is 2. The maximum atomic E-state index is 12.2. The quantitative estimate of drug-likeness (QED) is 0.849. The van der Waals surface area contributed by atoms with Crippen molar-refractivity contribution in [1.82, 2.24) is 0 Å². The van der Waals surface area contributed by atoms with Gasteiger partial charge >= 0.3 is 6.03 Å². The second-order valence-corrected chi connectivity index (χ2v) is 5.37. The summed E-state index contributed by atoms with van der Waals surface area (Å²) in [7, 11) is 0. The summed E-state index contributed by atoms with van der Waals surface area (Å²) in [5, 5.41) is 2.64. The Morgan fingerprint density at radius 2 is 1.86 bits per heavy atom. The summed E-state index contributed by atoms with van der Waals surface area (Å²) in [6.07, 6.45) is 0.464. The summed E-state index contributed by atoms with van der Waals surface area (Å²) in [6, 6.07) is 11.3. The van der Waals surface area contributed by atoms with Crippen molar-refractivity contribution < 1.29 is 19.1 Å². The minimum atomic E-state index is -0.559. The van der Waals surface area contributed by atoms with Gasteiger partial charge in [0, 0.05) is 16.2 Å². The van der Waals surface area contributed by atoms with Gasteiger partial charge in [0.1, 0.15) is 0 Å². The number of imide groups is 1. The van der Waals surface area contributed by atoms with Crippen molar-refractivity contribution in [2.45, 2.75) is 0 Å². The first kappa shape index (κ1) is 14.4. The molecule has 1 aliphatic rings. The molecule has 2 aromatic rings. The Morgan fingerprint density at radius 3 is 2.59 bits per heavy atom. The molecule has 1 heterocycles. The minimum absolute atomic E-state index is 0.159. The lowest BCUT2D eigenvalue weighted by molar-refractivity contribution is -0.106. The molecule has 0 aromatic heterocycles. The first-order chi connectivity index (χ1) is 10.7. The largest absolute Gasteiger partial charge is 0.454 e. The van der Waals surface area contributed by atoms with Crippen molar-refractivity contribution in [3.05, 3.63) is 46.9 Å². The van der Waals surface area contributed by atoms with Crippen LogP contribution >= 0.6 is 15.9 Å². The molecule has 2 aromatic carbocycles. The Morgan fingerprint density at radius 1 is 1.14 bits per heavy atom. The molecule has 0 bridgehead atoms.